The molecule has 10 heteroatoms. The molecule has 1 N–H and O–H groups in total. The summed E-state index contributed by atoms with van der Waals surface area (Å²) in [4.78, 5) is 28.2. The van der Waals surface area contributed by atoms with Crippen molar-refractivity contribution in [3.8, 4) is 5.82 Å². The van der Waals surface area contributed by atoms with E-state index in [9.17, 15) is 13.6 Å². The van der Waals surface area contributed by atoms with Crippen LogP contribution in [0.4, 0.5) is 20.3 Å². The van der Waals surface area contributed by atoms with Crippen molar-refractivity contribution in [1.29, 1.82) is 0 Å². The zero-order valence-corrected chi connectivity index (χ0v) is 17.9. The van der Waals surface area contributed by atoms with Gasteiger partial charge in [0, 0.05) is 63.0 Å². The highest BCUT2D eigenvalue weighted by Crippen LogP contribution is 2.34. The standard InChI is InChI=1S/C21H25F2N7O/c1-13(31)26-18-9-16-15(10-25-18)17(29-8-6-14(11-29)28(3)4)12-30(16)19-5-7-24-20(27-19)21(2,22)23/h5,7,9-10,12,14H,6,8,11H2,1-4H3,(H,25,26,31). The summed E-state index contributed by atoms with van der Waals surface area (Å²) in [5.74, 6) is -3.23. The molecule has 1 fully saturated rings. The molecular formula is C21H25F2N7O. The number of rotatable bonds is 5. The van der Waals surface area contributed by atoms with Crippen LogP contribution in [0.5, 0.6) is 0 Å². The number of anilines is 2. The van der Waals surface area contributed by atoms with Crippen molar-refractivity contribution < 1.29 is 13.6 Å². The number of hydrogen-bond acceptors (Lipinski definition) is 6. The van der Waals surface area contributed by atoms with Gasteiger partial charge in [-0.2, -0.15) is 8.78 Å². The van der Waals surface area contributed by atoms with E-state index >= 15 is 0 Å². The van der Waals surface area contributed by atoms with Crippen molar-refractivity contribution >= 4 is 28.3 Å². The van der Waals surface area contributed by atoms with Gasteiger partial charge in [-0.15, -0.1) is 0 Å². The Bertz CT molecular complexity index is 1120. The first-order valence-electron chi connectivity index (χ1n) is 10.1. The first-order chi connectivity index (χ1) is 14.6. The van der Waals surface area contributed by atoms with E-state index in [-0.39, 0.29) is 5.91 Å². The number of pyridine rings is 1. The first kappa shape index (κ1) is 21.1. The molecule has 0 saturated carbocycles. The molecule has 0 aliphatic carbocycles. The molecule has 0 aromatic carbocycles. The zero-order valence-electron chi connectivity index (χ0n) is 17.9. The van der Waals surface area contributed by atoms with Gasteiger partial charge in [-0.3, -0.25) is 9.36 Å². The summed E-state index contributed by atoms with van der Waals surface area (Å²) in [6, 6.07) is 3.74. The molecule has 0 radical (unpaired) electrons. The lowest BCUT2D eigenvalue weighted by molar-refractivity contribution is -0.114. The van der Waals surface area contributed by atoms with Crippen LogP contribution in [0.3, 0.4) is 0 Å². The monoisotopic (exact) mass is 429 g/mol. The fourth-order valence-electron chi connectivity index (χ4n) is 3.87. The number of carbonyl (C=O) groups excluding carboxylic acids is 1. The normalized spacial score (nSPS) is 17.0. The van der Waals surface area contributed by atoms with Gasteiger partial charge in [-0.05, 0) is 26.6 Å². The lowest BCUT2D eigenvalue weighted by Crippen LogP contribution is -2.31. The number of aromatic nitrogens is 4. The van der Waals surface area contributed by atoms with Crippen LogP contribution < -0.4 is 10.2 Å². The van der Waals surface area contributed by atoms with Gasteiger partial charge in [0.25, 0.3) is 0 Å². The second kappa shape index (κ2) is 7.84. The SMILES string of the molecule is CC(=O)Nc1cc2c(cn1)c(N1CCC(N(C)C)C1)cn2-c1ccnc(C(C)(F)F)n1. The molecule has 1 saturated heterocycles. The lowest BCUT2D eigenvalue weighted by atomic mass is 10.2. The smallest absolute Gasteiger partial charge is 0.303 e. The number of halogens is 2. The Morgan fingerprint density at radius 2 is 2.10 bits per heavy atom. The lowest BCUT2D eigenvalue weighted by Gasteiger charge is -2.21. The van der Waals surface area contributed by atoms with E-state index in [1.807, 2.05) is 6.20 Å². The minimum absolute atomic E-state index is 0.242. The highest BCUT2D eigenvalue weighted by molar-refractivity contribution is 5.97. The fraction of sp³-hybridized carbons (Fsp3) is 0.429. The van der Waals surface area contributed by atoms with Crippen molar-refractivity contribution in [1.82, 2.24) is 24.4 Å². The molecule has 0 bridgehead atoms. The number of likely N-dealkylation sites (N-methyl/N-ethyl adjacent to an activating group) is 1. The zero-order chi connectivity index (χ0) is 22.3. The molecule has 1 aliphatic heterocycles. The maximum Gasteiger partial charge on any atom is 0.303 e. The van der Waals surface area contributed by atoms with E-state index in [0.29, 0.717) is 23.2 Å². The van der Waals surface area contributed by atoms with E-state index in [1.165, 1.54) is 13.1 Å². The summed E-state index contributed by atoms with van der Waals surface area (Å²) in [5.41, 5.74) is 1.66. The van der Waals surface area contributed by atoms with Crippen LogP contribution in [0, 0.1) is 0 Å². The molecule has 8 nitrogen and oxygen atoms in total. The van der Waals surface area contributed by atoms with Crippen LogP contribution >= 0.6 is 0 Å². The molecule has 31 heavy (non-hydrogen) atoms. The van der Waals surface area contributed by atoms with Crippen LogP contribution in [0.15, 0.2) is 30.7 Å². The van der Waals surface area contributed by atoms with Crippen molar-refractivity contribution in [2.24, 2.45) is 0 Å². The average molecular weight is 429 g/mol. The minimum Gasteiger partial charge on any atom is -0.368 e. The number of nitrogens with zero attached hydrogens (tertiary/aromatic N) is 6. The molecule has 1 aliphatic rings. The Balaban J connectivity index is 1.85. The van der Waals surface area contributed by atoms with Crippen molar-refractivity contribution in [2.75, 3.05) is 37.4 Å². The molecule has 0 spiro atoms. The summed E-state index contributed by atoms with van der Waals surface area (Å²) >= 11 is 0. The maximum absolute atomic E-state index is 13.8. The highest BCUT2D eigenvalue weighted by Gasteiger charge is 2.30. The molecular weight excluding hydrogens is 404 g/mol. The topological polar surface area (TPSA) is 79.2 Å². The molecule has 4 rings (SSSR count). The predicted octanol–water partition coefficient (Wildman–Crippen LogP) is 3.03. The third kappa shape index (κ3) is 4.20. The number of fused-ring (bicyclic) bond motifs is 1. The van der Waals surface area contributed by atoms with E-state index in [0.717, 1.165) is 37.5 Å². The number of amides is 1. The highest BCUT2D eigenvalue weighted by atomic mass is 19.3. The first-order valence-corrected chi connectivity index (χ1v) is 10.1. The van der Waals surface area contributed by atoms with Gasteiger partial charge in [-0.1, -0.05) is 0 Å². The number of carbonyl (C=O) groups is 1. The molecule has 4 heterocycles. The van der Waals surface area contributed by atoms with Gasteiger partial charge in [0.05, 0.1) is 11.2 Å². The summed E-state index contributed by atoms with van der Waals surface area (Å²) in [6.45, 7) is 3.90. The summed E-state index contributed by atoms with van der Waals surface area (Å²) < 4.78 is 29.4. The molecule has 1 unspecified atom stereocenters. The van der Waals surface area contributed by atoms with E-state index in [2.05, 4.69) is 44.2 Å². The van der Waals surface area contributed by atoms with Crippen molar-refractivity contribution in [2.45, 2.75) is 32.2 Å². The Labute approximate surface area is 178 Å². The Morgan fingerprint density at radius 1 is 1.32 bits per heavy atom. The molecule has 164 valence electrons. The van der Waals surface area contributed by atoms with Crippen molar-refractivity contribution in [3.63, 3.8) is 0 Å². The average Bonchev–Trinajstić information content (AvgIpc) is 3.31. The van der Waals surface area contributed by atoms with Gasteiger partial charge in [-0.25, -0.2) is 15.0 Å². The molecule has 1 amide bonds. The summed E-state index contributed by atoms with van der Waals surface area (Å²) in [5, 5.41) is 3.53. The predicted molar refractivity (Wildman–Crippen MR) is 115 cm³/mol. The quantitative estimate of drug-likeness (QED) is 0.672. The molecule has 3 aromatic heterocycles. The van der Waals surface area contributed by atoms with Crippen LogP contribution in [0.25, 0.3) is 16.7 Å². The minimum atomic E-state index is -3.15. The molecule has 3 aromatic rings. The fourth-order valence-corrected chi connectivity index (χ4v) is 3.87. The van der Waals surface area contributed by atoms with Gasteiger partial charge in [0.2, 0.25) is 11.7 Å². The van der Waals surface area contributed by atoms with Crippen molar-refractivity contribution in [3.05, 3.63) is 36.5 Å². The second-order valence-electron chi connectivity index (χ2n) is 8.13. The Morgan fingerprint density at radius 3 is 2.74 bits per heavy atom. The van der Waals surface area contributed by atoms with Crippen LogP contribution in [0.1, 0.15) is 26.1 Å². The third-order valence-corrected chi connectivity index (χ3v) is 5.49. The van der Waals surface area contributed by atoms with E-state index < -0.39 is 11.7 Å². The number of nitrogens with one attached hydrogen (secondary N) is 1. The van der Waals surface area contributed by atoms with Crippen LogP contribution in [-0.2, 0) is 10.7 Å². The largest absolute Gasteiger partial charge is 0.368 e. The maximum atomic E-state index is 13.8. The number of hydrogen-bond donors (Lipinski definition) is 1. The van der Waals surface area contributed by atoms with E-state index in [1.54, 1.807) is 22.9 Å². The molecule has 1 atom stereocenters. The number of alkyl halides is 2. The van der Waals surface area contributed by atoms with Crippen LogP contribution in [0.2, 0.25) is 0 Å². The third-order valence-electron chi connectivity index (χ3n) is 5.49. The van der Waals surface area contributed by atoms with Crippen LogP contribution in [-0.4, -0.2) is 63.6 Å². The summed E-state index contributed by atoms with van der Waals surface area (Å²) in [6.07, 6.45) is 5.94. The second-order valence-corrected chi connectivity index (χ2v) is 8.13. The van der Waals surface area contributed by atoms with E-state index in [4.69, 9.17) is 0 Å². The Hall–Kier alpha value is -3.14. The van der Waals surface area contributed by atoms with Gasteiger partial charge >= 0.3 is 5.92 Å². The van der Waals surface area contributed by atoms with Gasteiger partial charge in [0.1, 0.15) is 11.6 Å². The summed E-state index contributed by atoms with van der Waals surface area (Å²) in [7, 11) is 4.12. The van der Waals surface area contributed by atoms with Gasteiger partial charge in [0.15, 0.2) is 0 Å². The van der Waals surface area contributed by atoms with Gasteiger partial charge < -0.3 is 15.1 Å². The Kier molecular flexibility index (Phi) is 5.34.